The third kappa shape index (κ3) is 2.05. The van der Waals surface area contributed by atoms with E-state index in [1.165, 1.54) is 0 Å². The maximum absolute atomic E-state index is 14.6. The van der Waals surface area contributed by atoms with Gasteiger partial charge in [-0.1, -0.05) is 47.6 Å². The largest absolute Gasteiger partial charge is 0.368 e. The number of nitrogen functional groups attached to an aromatic ring is 1. The molecule has 2 aromatic carbocycles. The normalized spacial score (nSPS) is 10.7. The molecule has 1 heterocycles. The van der Waals surface area contributed by atoms with E-state index in [0.29, 0.717) is 22.4 Å². The molecule has 0 bridgehead atoms. The van der Waals surface area contributed by atoms with E-state index < -0.39 is 0 Å². The van der Waals surface area contributed by atoms with Crippen molar-refractivity contribution in [2.75, 3.05) is 5.73 Å². The van der Waals surface area contributed by atoms with Gasteiger partial charge in [0.2, 0.25) is 5.88 Å². The zero-order chi connectivity index (χ0) is 14.1. The maximum atomic E-state index is 14.6. The fourth-order valence-corrected chi connectivity index (χ4v) is 2.22. The van der Waals surface area contributed by atoms with Crippen molar-refractivity contribution < 1.29 is 8.91 Å². The molecule has 0 amide bonds. The molecule has 2 N–H and O–H groups in total. The number of anilines is 1. The number of nitrogens with zero attached hydrogens (tertiary/aromatic N) is 1. The number of hydrogen-bond donors (Lipinski definition) is 1. The second kappa shape index (κ2) is 4.81. The maximum Gasteiger partial charge on any atom is 0.222 e. The Labute approximate surface area is 115 Å². The first-order valence-electron chi connectivity index (χ1n) is 6.24. The van der Waals surface area contributed by atoms with Crippen LogP contribution in [-0.4, -0.2) is 5.16 Å². The molecule has 0 unspecified atom stereocenters. The molecular weight excluding hydrogens is 255 g/mol. The van der Waals surface area contributed by atoms with Gasteiger partial charge in [0, 0.05) is 17.2 Å². The predicted octanol–water partition coefficient (Wildman–Crippen LogP) is 4.04. The lowest BCUT2D eigenvalue weighted by molar-refractivity contribution is 0.439. The molecule has 0 aliphatic heterocycles. The van der Waals surface area contributed by atoms with Crippen LogP contribution in [-0.2, 0) is 0 Å². The molecular formula is C16H13FN2O. The van der Waals surface area contributed by atoms with Gasteiger partial charge in [-0.3, -0.25) is 0 Å². The van der Waals surface area contributed by atoms with Gasteiger partial charge in [-0.2, -0.15) is 0 Å². The van der Waals surface area contributed by atoms with Crippen LogP contribution in [0.25, 0.3) is 22.4 Å². The molecule has 3 aromatic rings. The van der Waals surface area contributed by atoms with Crippen LogP contribution in [0, 0.1) is 12.7 Å². The lowest BCUT2D eigenvalue weighted by Crippen LogP contribution is -1.92. The fourth-order valence-electron chi connectivity index (χ4n) is 2.22. The van der Waals surface area contributed by atoms with E-state index in [9.17, 15) is 4.39 Å². The van der Waals surface area contributed by atoms with E-state index in [0.717, 1.165) is 5.56 Å². The van der Waals surface area contributed by atoms with Gasteiger partial charge in [0.1, 0.15) is 11.5 Å². The van der Waals surface area contributed by atoms with Crippen LogP contribution in [0.15, 0.2) is 53.1 Å². The molecule has 0 fully saturated rings. The van der Waals surface area contributed by atoms with E-state index in [-0.39, 0.29) is 11.7 Å². The van der Waals surface area contributed by atoms with Crippen molar-refractivity contribution in [2.45, 2.75) is 6.92 Å². The summed E-state index contributed by atoms with van der Waals surface area (Å²) in [7, 11) is 0. The number of hydrogen-bond acceptors (Lipinski definition) is 3. The van der Waals surface area contributed by atoms with Crippen LogP contribution in [0.1, 0.15) is 5.56 Å². The Balaban J connectivity index is 2.12. The highest BCUT2D eigenvalue weighted by atomic mass is 19.1. The highest BCUT2D eigenvalue weighted by Gasteiger charge is 2.14. The number of aromatic nitrogens is 1. The summed E-state index contributed by atoms with van der Waals surface area (Å²) in [6.45, 7) is 1.72. The van der Waals surface area contributed by atoms with Crippen LogP contribution >= 0.6 is 0 Å². The lowest BCUT2D eigenvalue weighted by Gasteiger charge is -2.09. The standard InChI is InChI=1S/C16H13FN2O/c1-10-12(14-9-15(18)20-19-14)7-8-13(16(10)17)11-5-3-2-4-6-11/h2-9H,18H2,1H3. The zero-order valence-electron chi connectivity index (χ0n) is 10.9. The third-order valence-corrected chi connectivity index (χ3v) is 3.28. The van der Waals surface area contributed by atoms with Crippen molar-refractivity contribution in [3.05, 3.63) is 59.9 Å². The summed E-state index contributed by atoms with van der Waals surface area (Å²) in [5.74, 6) is -0.0396. The molecule has 0 radical (unpaired) electrons. The Morgan fingerprint density at radius 2 is 1.75 bits per heavy atom. The van der Waals surface area contributed by atoms with Crippen LogP contribution in [0.4, 0.5) is 10.3 Å². The Bertz CT molecular complexity index is 750. The molecule has 0 aliphatic carbocycles. The Morgan fingerprint density at radius 1 is 1.05 bits per heavy atom. The summed E-state index contributed by atoms with van der Waals surface area (Å²) in [5.41, 5.74) is 8.67. The van der Waals surface area contributed by atoms with E-state index >= 15 is 0 Å². The molecule has 0 spiro atoms. The average Bonchev–Trinajstić information content (AvgIpc) is 2.89. The Hall–Kier alpha value is -2.62. The van der Waals surface area contributed by atoms with Crippen LogP contribution in [0.3, 0.4) is 0 Å². The minimum absolute atomic E-state index is 0.215. The summed E-state index contributed by atoms with van der Waals surface area (Å²) in [6.07, 6.45) is 0. The van der Waals surface area contributed by atoms with Crippen molar-refractivity contribution in [2.24, 2.45) is 0 Å². The second-order valence-electron chi connectivity index (χ2n) is 4.58. The van der Waals surface area contributed by atoms with Gasteiger partial charge < -0.3 is 10.3 Å². The lowest BCUT2D eigenvalue weighted by atomic mass is 9.97. The van der Waals surface area contributed by atoms with Gasteiger partial charge in [-0.25, -0.2) is 4.39 Å². The Kier molecular flexibility index (Phi) is 2.99. The highest BCUT2D eigenvalue weighted by molar-refractivity contribution is 5.73. The fraction of sp³-hybridized carbons (Fsp3) is 0.0625. The van der Waals surface area contributed by atoms with Crippen molar-refractivity contribution in [3.8, 4) is 22.4 Å². The van der Waals surface area contributed by atoms with E-state index in [1.807, 2.05) is 36.4 Å². The van der Waals surface area contributed by atoms with E-state index in [1.54, 1.807) is 19.1 Å². The van der Waals surface area contributed by atoms with Crippen molar-refractivity contribution in [1.29, 1.82) is 0 Å². The predicted molar refractivity (Wildman–Crippen MR) is 76.5 cm³/mol. The van der Waals surface area contributed by atoms with Gasteiger partial charge >= 0.3 is 0 Å². The number of rotatable bonds is 2. The van der Waals surface area contributed by atoms with Gasteiger partial charge in [0.05, 0.1) is 0 Å². The summed E-state index contributed by atoms with van der Waals surface area (Å²) >= 11 is 0. The quantitative estimate of drug-likeness (QED) is 0.763. The zero-order valence-corrected chi connectivity index (χ0v) is 10.9. The molecule has 3 nitrogen and oxygen atoms in total. The smallest absolute Gasteiger partial charge is 0.222 e. The second-order valence-corrected chi connectivity index (χ2v) is 4.58. The van der Waals surface area contributed by atoms with Crippen LogP contribution in [0.2, 0.25) is 0 Å². The molecule has 20 heavy (non-hydrogen) atoms. The number of benzene rings is 2. The van der Waals surface area contributed by atoms with E-state index in [2.05, 4.69) is 5.16 Å². The average molecular weight is 268 g/mol. The topological polar surface area (TPSA) is 52.0 Å². The highest BCUT2D eigenvalue weighted by Crippen LogP contribution is 2.31. The first-order valence-corrected chi connectivity index (χ1v) is 6.24. The minimum Gasteiger partial charge on any atom is -0.368 e. The van der Waals surface area contributed by atoms with Crippen molar-refractivity contribution >= 4 is 5.88 Å². The Morgan fingerprint density at radius 3 is 2.40 bits per heavy atom. The third-order valence-electron chi connectivity index (χ3n) is 3.28. The molecule has 100 valence electrons. The SMILES string of the molecule is Cc1c(-c2cc(N)on2)ccc(-c2ccccc2)c1F. The molecule has 0 aliphatic rings. The molecule has 3 rings (SSSR count). The van der Waals surface area contributed by atoms with Gasteiger partial charge in [-0.15, -0.1) is 0 Å². The minimum atomic E-state index is -0.254. The first kappa shape index (κ1) is 12.4. The van der Waals surface area contributed by atoms with Gasteiger partial charge in [0.25, 0.3) is 0 Å². The van der Waals surface area contributed by atoms with E-state index in [4.69, 9.17) is 10.3 Å². The molecule has 1 aromatic heterocycles. The molecule has 0 atom stereocenters. The molecule has 4 heteroatoms. The number of halogens is 1. The summed E-state index contributed by atoms with van der Waals surface area (Å²) < 4.78 is 19.4. The summed E-state index contributed by atoms with van der Waals surface area (Å²) in [4.78, 5) is 0. The van der Waals surface area contributed by atoms with Crippen molar-refractivity contribution in [1.82, 2.24) is 5.16 Å². The van der Waals surface area contributed by atoms with Gasteiger partial charge in [0.15, 0.2) is 0 Å². The monoisotopic (exact) mass is 268 g/mol. The first-order chi connectivity index (χ1) is 9.66. The number of nitrogens with two attached hydrogens (primary N) is 1. The summed E-state index contributed by atoms with van der Waals surface area (Å²) in [5, 5.41) is 3.82. The van der Waals surface area contributed by atoms with Crippen molar-refractivity contribution in [3.63, 3.8) is 0 Å². The van der Waals surface area contributed by atoms with Crippen LogP contribution < -0.4 is 5.73 Å². The van der Waals surface area contributed by atoms with Crippen LogP contribution in [0.5, 0.6) is 0 Å². The summed E-state index contributed by atoms with van der Waals surface area (Å²) in [6, 6.07) is 14.6. The molecule has 0 saturated heterocycles. The van der Waals surface area contributed by atoms with Gasteiger partial charge in [-0.05, 0) is 18.1 Å². The molecule has 0 saturated carbocycles.